The summed E-state index contributed by atoms with van der Waals surface area (Å²) in [6.45, 7) is 2.24. The van der Waals surface area contributed by atoms with Gasteiger partial charge in [0.1, 0.15) is 17.0 Å². The van der Waals surface area contributed by atoms with Crippen LogP contribution in [0.2, 0.25) is 0 Å². The molecule has 2 N–H and O–H groups in total. The maximum absolute atomic E-state index is 12.8. The number of rotatable bonds is 7. The smallest absolute Gasteiger partial charge is 0.243 e. The van der Waals surface area contributed by atoms with Crippen LogP contribution < -0.4 is 9.62 Å². The van der Waals surface area contributed by atoms with Crippen LogP contribution in [0, 0.1) is 0 Å². The highest BCUT2D eigenvalue weighted by atomic mass is 32.2. The molecule has 2 aliphatic rings. The number of sulfonamides is 1. The molecule has 0 amide bonds. The van der Waals surface area contributed by atoms with E-state index >= 15 is 0 Å². The molecule has 0 spiro atoms. The summed E-state index contributed by atoms with van der Waals surface area (Å²) in [5, 5.41) is 12.1. The summed E-state index contributed by atoms with van der Waals surface area (Å²) in [6, 6.07) is 8.25. The fraction of sp³-hybridized carbons (Fsp3) is 0.364. The third-order valence-electron chi connectivity index (χ3n) is 6.51. The molecule has 11 nitrogen and oxygen atoms in total. The van der Waals surface area contributed by atoms with Gasteiger partial charge in [-0.05, 0) is 24.5 Å². The van der Waals surface area contributed by atoms with Crippen molar-refractivity contribution in [2.75, 3.05) is 31.2 Å². The van der Waals surface area contributed by atoms with Crippen LogP contribution in [0.3, 0.4) is 0 Å². The molecule has 0 radical (unpaired) electrons. The van der Waals surface area contributed by atoms with Gasteiger partial charge in [-0.3, -0.25) is 9.78 Å². The van der Waals surface area contributed by atoms with Crippen molar-refractivity contribution < 1.29 is 13.2 Å². The van der Waals surface area contributed by atoms with E-state index in [9.17, 15) is 8.42 Å². The minimum atomic E-state index is -3.65. The van der Waals surface area contributed by atoms with Crippen LogP contribution in [0.1, 0.15) is 30.4 Å². The average Bonchev–Trinajstić information content (AvgIpc) is 3.65. The van der Waals surface area contributed by atoms with Gasteiger partial charge in [0, 0.05) is 37.5 Å². The molecule has 1 fully saturated rings. The van der Waals surface area contributed by atoms with Crippen molar-refractivity contribution in [2.45, 2.75) is 29.7 Å². The summed E-state index contributed by atoms with van der Waals surface area (Å²) in [5.74, 6) is 0.937. The number of nitrogens with zero attached hydrogens (tertiary/aromatic N) is 6. The fourth-order valence-corrected chi connectivity index (χ4v) is 5.74. The van der Waals surface area contributed by atoms with Gasteiger partial charge in [-0.25, -0.2) is 23.1 Å². The summed E-state index contributed by atoms with van der Waals surface area (Å²) < 4.78 is 35.5. The lowest BCUT2D eigenvalue weighted by atomic mass is 9.98. The number of fused-ring (bicyclic) bond motifs is 2. The van der Waals surface area contributed by atoms with Crippen molar-refractivity contribution in [1.29, 1.82) is 0 Å². The van der Waals surface area contributed by atoms with Crippen LogP contribution >= 0.6 is 0 Å². The van der Waals surface area contributed by atoms with Gasteiger partial charge >= 0.3 is 0 Å². The zero-order valence-corrected chi connectivity index (χ0v) is 19.1. The molecule has 12 heteroatoms. The Kier molecular flexibility index (Phi) is 5.27. The van der Waals surface area contributed by atoms with Crippen molar-refractivity contribution in [3.63, 3.8) is 0 Å². The molecular weight excluding hydrogens is 456 g/mol. The van der Waals surface area contributed by atoms with Crippen molar-refractivity contribution in [1.82, 2.24) is 34.7 Å². The quantitative estimate of drug-likeness (QED) is 0.411. The van der Waals surface area contributed by atoms with Gasteiger partial charge < -0.3 is 9.64 Å². The Morgan fingerprint density at radius 1 is 1.21 bits per heavy atom. The number of nitrogens with one attached hydrogen (secondary N) is 2. The van der Waals surface area contributed by atoms with E-state index in [4.69, 9.17) is 4.74 Å². The van der Waals surface area contributed by atoms with E-state index in [1.807, 2.05) is 12.1 Å². The zero-order chi connectivity index (χ0) is 23.1. The van der Waals surface area contributed by atoms with E-state index < -0.39 is 10.0 Å². The first-order chi connectivity index (χ1) is 16.6. The number of anilines is 2. The lowest BCUT2D eigenvalue weighted by Crippen LogP contribution is -2.26. The highest BCUT2D eigenvalue weighted by Crippen LogP contribution is 2.42. The number of ether oxygens (including phenoxy) is 1. The van der Waals surface area contributed by atoms with Crippen molar-refractivity contribution >= 4 is 32.6 Å². The van der Waals surface area contributed by atoms with E-state index in [0.29, 0.717) is 38.4 Å². The highest BCUT2D eigenvalue weighted by Gasteiger charge is 2.31. The normalized spacial score (nSPS) is 20.3. The first-order valence-corrected chi connectivity index (χ1v) is 12.7. The Morgan fingerprint density at radius 2 is 2.12 bits per heavy atom. The highest BCUT2D eigenvalue weighted by molar-refractivity contribution is 7.89. The van der Waals surface area contributed by atoms with Gasteiger partial charge in [0.2, 0.25) is 10.0 Å². The summed E-state index contributed by atoms with van der Waals surface area (Å²) >= 11 is 0. The number of hydrogen-bond acceptors (Lipinski definition) is 8. The molecule has 2 atom stereocenters. The second-order valence-electron chi connectivity index (χ2n) is 8.56. The molecule has 0 aliphatic carbocycles. The lowest BCUT2D eigenvalue weighted by molar-refractivity contribution is 0.184. The molecule has 1 saturated heterocycles. The zero-order valence-electron chi connectivity index (χ0n) is 18.3. The molecule has 2 aliphatic heterocycles. The lowest BCUT2D eigenvalue weighted by Gasteiger charge is -2.19. The Bertz CT molecular complexity index is 1430. The Balaban J connectivity index is 1.17. The van der Waals surface area contributed by atoms with Crippen LogP contribution in [0.5, 0.6) is 0 Å². The van der Waals surface area contributed by atoms with E-state index in [1.165, 1.54) is 18.1 Å². The van der Waals surface area contributed by atoms with E-state index in [0.717, 1.165) is 23.3 Å². The molecule has 0 saturated carbocycles. The molecule has 6 rings (SSSR count). The Labute approximate surface area is 196 Å². The van der Waals surface area contributed by atoms with E-state index in [2.05, 4.69) is 47.0 Å². The molecule has 5 heterocycles. The molecule has 3 aromatic heterocycles. The third kappa shape index (κ3) is 3.73. The number of para-hydroxylation sites is 1. The molecule has 176 valence electrons. The van der Waals surface area contributed by atoms with Crippen LogP contribution in [0.15, 0.2) is 54.1 Å². The fourth-order valence-electron chi connectivity index (χ4n) is 4.75. The van der Waals surface area contributed by atoms with E-state index in [1.54, 1.807) is 17.1 Å². The van der Waals surface area contributed by atoms with Crippen LogP contribution in [-0.4, -0.2) is 64.7 Å². The summed E-state index contributed by atoms with van der Waals surface area (Å²) in [4.78, 5) is 11.1. The predicted octanol–water partition coefficient (Wildman–Crippen LogP) is 2.11. The molecule has 1 aromatic carbocycles. The van der Waals surface area contributed by atoms with Gasteiger partial charge in [-0.15, -0.1) is 0 Å². The van der Waals surface area contributed by atoms with Crippen molar-refractivity contribution in [3.05, 3.63) is 54.7 Å². The second kappa shape index (κ2) is 8.46. The minimum Gasteiger partial charge on any atom is -0.379 e. The number of aromatic amines is 1. The third-order valence-corrected chi connectivity index (χ3v) is 7.92. The maximum atomic E-state index is 12.8. The van der Waals surface area contributed by atoms with E-state index in [-0.39, 0.29) is 16.9 Å². The number of hydrogen-bond donors (Lipinski definition) is 2. The topological polar surface area (TPSA) is 131 Å². The van der Waals surface area contributed by atoms with Gasteiger partial charge in [0.05, 0.1) is 30.4 Å². The summed E-state index contributed by atoms with van der Waals surface area (Å²) in [7, 11) is -3.65. The Morgan fingerprint density at radius 3 is 3.00 bits per heavy atom. The molecule has 2 unspecified atom stereocenters. The molecule has 0 bridgehead atoms. The first kappa shape index (κ1) is 21.2. The first-order valence-electron chi connectivity index (χ1n) is 11.2. The number of H-pyrrole nitrogens is 1. The molecule has 34 heavy (non-hydrogen) atoms. The number of benzene rings is 1. The summed E-state index contributed by atoms with van der Waals surface area (Å²) in [6.07, 6.45) is 7.73. The Hall–Kier alpha value is -3.35. The van der Waals surface area contributed by atoms with Gasteiger partial charge in [-0.1, -0.05) is 18.2 Å². The predicted molar refractivity (Wildman–Crippen MR) is 124 cm³/mol. The minimum absolute atomic E-state index is 0.0911. The summed E-state index contributed by atoms with van der Waals surface area (Å²) in [5.41, 5.74) is 2.92. The second-order valence-corrected chi connectivity index (χ2v) is 10.3. The van der Waals surface area contributed by atoms with Crippen molar-refractivity contribution in [3.8, 4) is 0 Å². The number of aromatic nitrogens is 6. The van der Waals surface area contributed by atoms with Crippen LogP contribution in [-0.2, 0) is 14.8 Å². The SMILES string of the molecule is O=S(=O)(NCCC1CN(c2ncnc3[nH]ncc23)c2ccccc21)c1cnn(C2CCOC2)c1. The van der Waals surface area contributed by atoms with Gasteiger partial charge in [0.25, 0.3) is 0 Å². The van der Waals surface area contributed by atoms with Crippen molar-refractivity contribution in [2.24, 2.45) is 0 Å². The van der Waals surface area contributed by atoms with Gasteiger partial charge in [-0.2, -0.15) is 10.2 Å². The maximum Gasteiger partial charge on any atom is 0.243 e. The largest absolute Gasteiger partial charge is 0.379 e. The molecule has 4 aromatic rings. The average molecular weight is 481 g/mol. The standard InChI is InChI=1S/C22H24N8O3S/c31-34(32,17-9-26-30(12-17)16-6-8-33-13-16)27-7-5-15-11-29(20-4-2-1-3-18(15)20)22-19-10-25-28-21(19)23-14-24-22/h1-4,9-10,12,14-16,27H,5-8,11,13H2,(H,23,24,25,28). The monoisotopic (exact) mass is 480 g/mol. The molecular formula is C22H24N8O3S. The van der Waals surface area contributed by atoms with Crippen LogP contribution in [0.25, 0.3) is 11.0 Å². The van der Waals surface area contributed by atoms with Gasteiger partial charge in [0.15, 0.2) is 5.65 Å². The van der Waals surface area contributed by atoms with Crippen LogP contribution in [0.4, 0.5) is 11.5 Å².